The monoisotopic (exact) mass is 291 g/mol. The number of carbonyl (C=O) groups is 1. The highest BCUT2D eigenvalue weighted by Crippen LogP contribution is 2.22. The van der Waals surface area contributed by atoms with Gasteiger partial charge in [-0.05, 0) is 63.5 Å². The maximum Gasteiger partial charge on any atom is 0.255 e. The third-order valence-electron chi connectivity index (χ3n) is 4.00. The molecule has 1 aliphatic rings. The predicted octanol–water partition coefficient (Wildman–Crippen LogP) is 1.69. The van der Waals surface area contributed by atoms with E-state index in [0.29, 0.717) is 17.7 Å². The van der Waals surface area contributed by atoms with Crippen LogP contribution in [0.5, 0.6) is 5.75 Å². The van der Waals surface area contributed by atoms with Gasteiger partial charge in [-0.2, -0.15) is 0 Å². The number of likely N-dealkylation sites (tertiary alicyclic amines) is 1. The van der Waals surface area contributed by atoms with Gasteiger partial charge in [-0.25, -0.2) is 0 Å². The molecule has 5 heteroatoms. The number of nitrogens with zero attached hydrogens (tertiary/aromatic N) is 1. The molecular formula is C16H25N3O2. The van der Waals surface area contributed by atoms with Gasteiger partial charge in [-0.15, -0.1) is 0 Å². The number of piperidine rings is 1. The van der Waals surface area contributed by atoms with Gasteiger partial charge in [0, 0.05) is 18.3 Å². The van der Waals surface area contributed by atoms with Crippen molar-refractivity contribution in [1.29, 1.82) is 0 Å². The van der Waals surface area contributed by atoms with Crippen LogP contribution in [0, 0.1) is 5.92 Å². The zero-order valence-corrected chi connectivity index (χ0v) is 12.8. The average molecular weight is 291 g/mol. The minimum absolute atomic E-state index is 0.0857. The molecule has 2 rings (SSSR count). The minimum Gasteiger partial charge on any atom is -0.484 e. The van der Waals surface area contributed by atoms with Crippen LogP contribution < -0.4 is 15.8 Å². The van der Waals surface area contributed by atoms with E-state index in [-0.39, 0.29) is 6.61 Å². The molecule has 116 valence electrons. The SMILES string of the molecule is CC(Nc1ccc(OCC(N)=O)cc1)C1CCCN(C)C1. The lowest BCUT2D eigenvalue weighted by Gasteiger charge is -2.34. The zero-order valence-electron chi connectivity index (χ0n) is 12.8. The molecule has 0 spiro atoms. The molecule has 1 aliphatic heterocycles. The summed E-state index contributed by atoms with van der Waals surface area (Å²) >= 11 is 0. The second-order valence-corrected chi connectivity index (χ2v) is 5.88. The molecule has 1 saturated heterocycles. The van der Waals surface area contributed by atoms with E-state index in [1.807, 2.05) is 24.3 Å². The van der Waals surface area contributed by atoms with Crippen molar-refractivity contribution in [3.05, 3.63) is 24.3 Å². The molecule has 1 aromatic carbocycles. The van der Waals surface area contributed by atoms with Crippen LogP contribution in [0.25, 0.3) is 0 Å². The topological polar surface area (TPSA) is 67.6 Å². The normalized spacial score (nSPS) is 20.8. The molecule has 0 aromatic heterocycles. The van der Waals surface area contributed by atoms with Crippen LogP contribution >= 0.6 is 0 Å². The third kappa shape index (κ3) is 4.93. The molecule has 1 heterocycles. The number of nitrogens with two attached hydrogens (primary N) is 1. The van der Waals surface area contributed by atoms with Crippen LogP contribution in [0.15, 0.2) is 24.3 Å². The van der Waals surface area contributed by atoms with Crippen molar-refractivity contribution in [3.8, 4) is 5.75 Å². The number of benzene rings is 1. The quantitative estimate of drug-likeness (QED) is 0.837. The summed E-state index contributed by atoms with van der Waals surface area (Å²) in [5.74, 6) is 0.867. The first-order valence-electron chi connectivity index (χ1n) is 7.51. The zero-order chi connectivity index (χ0) is 15.2. The molecule has 3 N–H and O–H groups in total. The number of carbonyl (C=O) groups excluding carboxylic acids is 1. The summed E-state index contributed by atoms with van der Waals surface area (Å²) in [5, 5.41) is 3.55. The number of amides is 1. The fourth-order valence-corrected chi connectivity index (χ4v) is 2.80. The van der Waals surface area contributed by atoms with E-state index in [0.717, 1.165) is 12.2 Å². The van der Waals surface area contributed by atoms with Crippen LogP contribution in [0.3, 0.4) is 0 Å². The highest BCUT2D eigenvalue weighted by Gasteiger charge is 2.22. The lowest BCUT2D eigenvalue weighted by Crippen LogP contribution is -2.39. The molecule has 2 unspecified atom stereocenters. The highest BCUT2D eigenvalue weighted by atomic mass is 16.5. The Morgan fingerprint density at radius 2 is 2.19 bits per heavy atom. The van der Waals surface area contributed by atoms with Crippen molar-refractivity contribution in [2.24, 2.45) is 11.7 Å². The smallest absolute Gasteiger partial charge is 0.255 e. The summed E-state index contributed by atoms with van der Waals surface area (Å²) in [6.45, 7) is 4.50. The second-order valence-electron chi connectivity index (χ2n) is 5.88. The highest BCUT2D eigenvalue weighted by molar-refractivity contribution is 5.75. The molecular weight excluding hydrogens is 266 g/mol. The Morgan fingerprint density at radius 3 is 2.81 bits per heavy atom. The molecule has 1 amide bonds. The molecule has 0 radical (unpaired) electrons. The lowest BCUT2D eigenvalue weighted by atomic mass is 9.92. The maximum atomic E-state index is 10.7. The Hall–Kier alpha value is -1.75. The first-order valence-corrected chi connectivity index (χ1v) is 7.51. The number of ether oxygens (including phenoxy) is 1. The van der Waals surface area contributed by atoms with Crippen LogP contribution in [0.2, 0.25) is 0 Å². The van der Waals surface area contributed by atoms with Gasteiger partial charge < -0.3 is 20.7 Å². The Bertz CT molecular complexity index is 461. The molecule has 1 aromatic rings. The van der Waals surface area contributed by atoms with E-state index in [2.05, 4.69) is 24.2 Å². The van der Waals surface area contributed by atoms with Gasteiger partial charge in [0.2, 0.25) is 0 Å². The number of hydrogen-bond donors (Lipinski definition) is 2. The summed E-state index contributed by atoms with van der Waals surface area (Å²) in [5.41, 5.74) is 6.12. The fraction of sp³-hybridized carbons (Fsp3) is 0.562. The molecule has 1 fully saturated rings. The molecule has 0 saturated carbocycles. The van der Waals surface area contributed by atoms with E-state index in [4.69, 9.17) is 10.5 Å². The molecule has 0 aliphatic carbocycles. The van der Waals surface area contributed by atoms with Gasteiger partial charge in [-0.3, -0.25) is 4.79 Å². The summed E-state index contributed by atoms with van der Waals surface area (Å²) in [6.07, 6.45) is 2.55. The Morgan fingerprint density at radius 1 is 1.48 bits per heavy atom. The van der Waals surface area contributed by atoms with Crippen molar-refractivity contribution in [3.63, 3.8) is 0 Å². The van der Waals surface area contributed by atoms with Gasteiger partial charge in [0.25, 0.3) is 5.91 Å². The Labute approximate surface area is 126 Å². The predicted molar refractivity (Wildman–Crippen MR) is 84.4 cm³/mol. The number of primary amides is 1. The van der Waals surface area contributed by atoms with Gasteiger partial charge in [0.1, 0.15) is 5.75 Å². The number of rotatable bonds is 6. The number of anilines is 1. The number of hydrogen-bond acceptors (Lipinski definition) is 4. The van der Waals surface area contributed by atoms with Gasteiger partial charge in [0.05, 0.1) is 0 Å². The van der Waals surface area contributed by atoms with E-state index in [1.54, 1.807) is 0 Å². The lowest BCUT2D eigenvalue weighted by molar-refractivity contribution is -0.119. The Kier molecular flexibility index (Phi) is 5.44. The van der Waals surface area contributed by atoms with Gasteiger partial charge >= 0.3 is 0 Å². The third-order valence-corrected chi connectivity index (χ3v) is 4.00. The second kappa shape index (κ2) is 7.31. The van der Waals surface area contributed by atoms with E-state index < -0.39 is 5.91 Å². The first-order chi connectivity index (χ1) is 10.0. The minimum atomic E-state index is -0.466. The summed E-state index contributed by atoms with van der Waals surface area (Å²) in [4.78, 5) is 13.1. The summed E-state index contributed by atoms with van der Waals surface area (Å²) in [6, 6.07) is 8.08. The molecule has 21 heavy (non-hydrogen) atoms. The molecule has 5 nitrogen and oxygen atoms in total. The summed E-state index contributed by atoms with van der Waals surface area (Å²) < 4.78 is 5.25. The van der Waals surface area contributed by atoms with Crippen LogP contribution in [0.4, 0.5) is 5.69 Å². The van der Waals surface area contributed by atoms with Crippen molar-refractivity contribution < 1.29 is 9.53 Å². The van der Waals surface area contributed by atoms with E-state index >= 15 is 0 Å². The van der Waals surface area contributed by atoms with Crippen molar-refractivity contribution in [2.75, 3.05) is 32.1 Å². The standard InChI is InChI=1S/C16H25N3O2/c1-12(13-4-3-9-19(2)10-13)18-14-5-7-15(8-6-14)21-11-16(17)20/h5-8,12-13,18H,3-4,9-11H2,1-2H3,(H2,17,20). The average Bonchev–Trinajstić information content (AvgIpc) is 2.46. The molecule has 2 atom stereocenters. The largest absolute Gasteiger partial charge is 0.484 e. The maximum absolute atomic E-state index is 10.7. The van der Waals surface area contributed by atoms with Gasteiger partial charge in [-0.1, -0.05) is 0 Å². The fourth-order valence-electron chi connectivity index (χ4n) is 2.80. The summed E-state index contributed by atoms with van der Waals surface area (Å²) in [7, 11) is 2.18. The first kappa shape index (κ1) is 15.6. The molecule has 0 bridgehead atoms. The van der Waals surface area contributed by atoms with Crippen molar-refractivity contribution in [2.45, 2.75) is 25.8 Å². The van der Waals surface area contributed by atoms with E-state index in [9.17, 15) is 4.79 Å². The van der Waals surface area contributed by atoms with E-state index in [1.165, 1.54) is 19.4 Å². The van der Waals surface area contributed by atoms with Gasteiger partial charge in [0.15, 0.2) is 6.61 Å². The van der Waals surface area contributed by atoms with Crippen LogP contribution in [0.1, 0.15) is 19.8 Å². The Balaban J connectivity index is 1.86. The van der Waals surface area contributed by atoms with Crippen molar-refractivity contribution >= 4 is 11.6 Å². The van der Waals surface area contributed by atoms with Crippen LogP contribution in [-0.4, -0.2) is 43.6 Å². The van der Waals surface area contributed by atoms with Crippen LogP contribution in [-0.2, 0) is 4.79 Å². The van der Waals surface area contributed by atoms with Crippen molar-refractivity contribution in [1.82, 2.24) is 4.90 Å². The number of nitrogens with one attached hydrogen (secondary N) is 1.